The highest BCUT2D eigenvalue weighted by Gasteiger charge is 1.98. The van der Waals surface area contributed by atoms with E-state index in [1.807, 2.05) is 16.9 Å². The van der Waals surface area contributed by atoms with Crippen LogP contribution in [0.2, 0.25) is 0 Å². The van der Waals surface area contributed by atoms with Gasteiger partial charge in [-0.25, -0.2) is 0 Å². The lowest BCUT2D eigenvalue weighted by molar-refractivity contribution is 0.601. The summed E-state index contributed by atoms with van der Waals surface area (Å²) in [5.41, 5.74) is 2.31. The summed E-state index contributed by atoms with van der Waals surface area (Å²) in [5, 5.41) is 14.4. The number of aryl methyl sites for hydroxylation is 1. The Morgan fingerprint density at radius 3 is 3.12 bits per heavy atom. The van der Waals surface area contributed by atoms with E-state index < -0.39 is 0 Å². The monoisotopic (exact) mass is 219 g/mol. The molecule has 0 aliphatic rings. The van der Waals surface area contributed by atoms with Gasteiger partial charge in [-0.3, -0.25) is 9.78 Å². The Balaban J connectivity index is 1.76. The molecule has 2 heterocycles. The molecule has 0 unspecified atom stereocenters. The highest BCUT2D eigenvalue weighted by molar-refractivity contribution is 5.04. The number of rotatable bonds is 6. The van der Waals surface area contributed by atoms with Gasteiger partial charge in [0.05, 0.1) is 6.20 Å². The van der Waals surface area contributed by atoms with Gasteiger partial charge in [0.25, 0.3) is 0 Å². The molecule has 5 nitrogen and oxygen atoms in total. The molecule has 0 saturated heterocycles. The van der Waals surface area contributed by atoms with Gasteiger partial charge in [-0.05, 0) is 12.5 Å². The zero-order valence-corrected chi connectivity index (χ0v) is 9.48. The molecule has 0 bridgehead atoms. The highest BCUT2D eigenvalue weighted by atomic mass is 15.3. The summed E-state index contributed by atoms with van der Waals surface area (Å²) in [6, 6.07) is 1.97. The van der Waals surface area contributed by atoms with Crippen LogP contribution in [-0.4, -0.2) is 20.0 Å². The third kappa shape index (κ3) is 2.93. The normalized spacial score (nSPS) is 10.8. The van der Waals surface area contributed by atoms with Crippen molar-refractivity contribution in [3.05, 3.63) is 35.9 Å². The molecule has 2 rings (SSSR count). The number of aromatic amines is 1. The fourth-order valence-electron chi connectivity index (χ4n) is 1.57. The predicted octanol–water partition coefficient (Wildman–Crippen LogP) is 1.31. The fraction of sp³-hybridized carbons (Fsp3) is 0.455. The van der Waals surface area contributed by atoms with Crippen molar-refractivity contribution in [2.45, 2.75) is 33.0 Å². The van der Waals surface area contributed by atoms with E-state index in [4.69, 9.17) is 0 Å². The van der Waals surface area contributed by atoms with Crippen LogP contribution in [-0.2, 0) is 19.6 Å². The van der Waals surface area contributed by atoms with E-state index in [2.05, 4.69) is 33.7 Å². The molecule has 0 aliphatic carbocycles. The maximum Gasteiger partial charge on any atom is 0.0534 e. The second-order valence-corrected chi connectivity index (χ2v) is 3.80. The van der Waals surface area contributed by atoms with E-state index in [1.165, 1.54) is 5.56 Å². The minimum absolute atomic E-state index is 0.805. The van der Waals surface area contributed by atoms with E-state index in [0.717, 1.165) is 31.7 Å². The van der Waals surface area contributed by atoms with Crippen LogP contribution in [0.4, 0.5) is 0 Å². The minimum Gasteiger partial charge on any atom is -0.307 e. The molecule has 2 N–H and O–H groups in total. The molecular formula is C11H17N5. The number of H-pyrrole nitrogens is 1. The van der Waals surface area contributed by atoms with Crippen molar-refractivity contribution < 1.29 is 0 Å². The molecule has 5 heteroatoms. The molecule has 0 saturated carbocycles. The zero-order chi connectivity index (χ0) is 11.2. The van der Waals surface area contributed by atoms with Gasteiger partial charge in [0.1, 0.15) is 0 Å². The lowest BCUT2D eigenvalue weighted by atomic mass is 10.3. The number of nitrogens with one attached hydrogen (secondary N) is 2. The van der Waals surface area contributed by atoms with E-state index in [9.17, 15) is 0 Å². The summed E-state index contributed by atoms with van der Waals surface area (Å²) in [6.45, 7) is 4.78. The summed E-state index contributed by atoms with van der Waals surface area (Å²) in [5.74, 6) is 0. The number of hydrogen-bond acceptors (Lipinski definition) is 3. The van der Waals surface area contributed by atoms with Gasteiger partial charge in [-0.2, -0.15) is 10.2 Å². The van der Waals surface area contributed by atoms with Crippen molar-refractivity contribution in [3.8, 4) is 0 Å². The molecule has 0 aliphatic heterocycles. The van der Waals surface area contributed by atoms with Crippen LogP contribution in [0.25, 0.3) is 0 Å². The minimum atomic E-state index is 0.805. The van der Waals surface area contributed by atoms with Gasteiger partial charge in [0.15, 0.2) is 0 Å². The van der Waals surface area contributed by atoms with Crippen molar-refractivity contribution in [2.24, 2.45) is 0 Å². The SMILES string of the molecule is CCCn1cc(CNCc2ccn[nH]2)cn1. The largest absolute Gasteiger partial charge is 0.307 e. The van der Waals surface area contributed by atoms with Gasteiger partial charge in [0.2, 0.25) is 0 Å². The first kappa shape index (κ1) is 10.9. The maximum absolute atomic E-state index is 4.28. The molecule has 2 aromatic rings. The quantitative estimate of drug-likeness (QED) is 0.770. The van der Waals surface area contributed by atoms with Crippen molar-refractivity contribution in [1.82, 2.24) is 25.3 Å². The Bertz CT molecular complexity index is 404. The maximum atomic E-state index is 4.28. The summed E-state index contributed by atoms with van der Waals surface area (Å²) in [6.07, 6.45) is 6.87. The lowest BCUT2D eigenvalue weighted by Crippen LogP contribution is -2.12. The average molecular weight is 219 g/mol. The number of aromatic nitrogens is 4. The number of nitrogens with zero attached hydrogens (tertiary/aromatic N) is 3. The van der Waals surface area contributed by atoms with Gasteiger partial charge >= 0.3 is 0 Å². The van der Waals surface area contributed by atoms with Crippen LogP contribution in [0.5, 0.6) is 0 Å². The van der Waals surface area contributed by atoms with E-state index in [0.29, 0.717) is 0 Å². The molecule has 0 spiro atoms. The third-order valence-corrected chi connectivity index (χ3v) is 2.34. The van der Waals surface area contributed by atoms with Gasteiger partial charge in [0, 0.05) is 43.3 Å². The van der Waals surface area contributed by atoms with Crippen LogP contribution in [0.15, 0.2) is 24.7 Å². The van der Waals surface area contributed by atoms with Crippen molar-refractivity contribution in [1.29, 1.82) is 0 Å². The van der Waals surface area contributed by atoms with Crippen LogP contribution in [0, 0.1) is 0 Å². The molecule has 2 aromatic heterocycles. The van der Waals surface area contributed by atoms with Crippen LogP contribution in [0.1, 0.15) is 24.6 Å². The highest BCUT2D eigenvalue weighted by Crippen LogP contribution is 1.99. The Morgan fingerprint density at radius 2 is 2.38 bits per heavy atom. The molecule has 86 valence electrons. The standard InChI is InChI=1S/C11H17N5/c1-2-5-16-9-10(7-14-16)6-12-8-11-3-4-13-15-11/h3-4,7,9,12H,2,5-6,8H2,1H3,(H,13,15). The summed E-state index contributed by atoms with van der Waals surface area (Å²) in [7, 11) is 0. The summed E-state index contributed by atoms with van der Waals surface area (Å²) >= 11 is 0. The molecule has 0 atom stereocenters. The van der Waals surface area contributed by atoms with E-state index in [1.54, 1.807) is 6.20 Å². The Labute approximate surface area is 94.9 Å². The second kappa shape index (κ2) is 5.46. The summed E-state index contributed by atoms with van der Waals surface area (Å²) < 4.78 is 1.98. The van der Waals surface area contributed by atoms with Gasteiger partial charge in [-0.15, -0.1) is 0 Å². The Kier molecular flexibility index (Phi) is 3.71. The average Bonchev–Trinajstić information content (AvgIpc) is 2.90. The van der Waals surface area contributed by atoms with Crippen LogP contribution >= 0.6 is 0 Å². The topological polar surface area (TPSA) is 58.5 Å². The first-order valence-corrected chi connectivity index (χ1v) is 5.59. The van der Waals surface area contributed by atoms with Crippen molar-refractivity contribution in [2.75, 3.05) is 0 Å². The smallest absolute Gasteiger partial charge is 0.0534 e. The van der Waals surface area contributed by atoms with E-state index in [-0.39, 0.29) is 0 Å². The molecule has 0 radical (unpaired) electrons. The molecule has 0 aromatic carbocycles. The Hall–Kier alpha value is -1.62. The lowest BCUT2D eigenvalue weighted by Gasteiger charge is -2.00. The fourth-order valence-corrected chi connectivity index (χ4v) is 1.57. The van der Waals surface area contributed by atoms with Crippen LogP contribution in [0.3, 0.4) is 0 Å². The molecular weight excluding hydrogens is 202 g/mol. The summed E-state index contributed by atoms with van der Waals surface area (Å²) in [4.78, 5) is 0. The second-order valence-electron chi connectivity index (χ2n) is 3.80. The van der Waals surface area contributed by atoms with Crippen molar-refractivity contribution in [3.63, 3.8) is 0 Å². The first-order valence-electron chi connectivity index (χ1n) is 5.59. The third-order valence-electron chi connectivity index (χ3n) is 2.34. The van der Waals surface area contributed by atoms with E-state index >= 15 is 0 Å². The van der Waals surface area contributed by atoms with Crippen LogP contribution < -0.4 is 5.32 Å². The van der Waals surface area contributed by atoms with Gasteiger partial charge < -0.3 is 5.32 Å². The first-order chi connectivity index (χ1) is 7.88. The predicted molar refractivity (Wildman–Crippen MR) is 61.6 cm³/mol. The Morgan fingerprint density at radius 1 is 1.44 bits per heavy atom. The van der Waals surface area contributed by atoms with Gasteiger partial charge in [-0.1, -0.05) is 6.92 Å². The number of hydrogen-bond donors (Lipinski definition) is 2. The molecule has 0 fully saturated rings. The zero-order valence-electron chi connectivity index (χ0n) is 9.48. The van der Waals surface area contributed by atoms with Crippen molar-refractivity contribution >= 4 is 0 Å². The molecule has 0 amide bonds. The molecule has 16 heavy (non-hydrogen) atoms.